The summed E-state index contributed by atoms with van der Waals surface area (Å²) in [6, 6.07) is 9.47. The highest BCUT2D eigenvalue weighted by atomic mass is 16.2. The predicted octanol–water partition coefficient (Wildman–Crippen LogP) is 1.69. The molecule has 0 saturated carbocycles. The largest absolute Gasteiger partial charge is 0.332 e. The first-order chi connectivity index (χ1) is 12.5. The van der Waals surface area contributed by atoms with Crippen LogP contribution in [0.3, 0.4) is 0 Å². The Morgan fingerprint density at radius 1 is 1.15 bits per heavy atom. The Morgan fingerprint density at radius 2 is 1.88 bits per heavy atom. The van der Waals surface area contributed by atoms with E-state index >= 15 is 0 Å². The lowest BCUT2D eigenvalue weighted by Crippen LogP contribution is -2.39. The molecule has 1 aromatic carbocycles. The van der Waals surface area contributed by atoms with Gasteiger partial charge >= 0.3 is 5.69 Å². The summed E-state index contributed by atoms with van der Waals surface area (Å²) in [7, 11) is 1.64. The standard InChI is InChI=1S/C19H19N5O2/c1-4-10-22-13(2)11-23-15-16(20-18(22)23)21(3)19(26)24(17(15)25)12-14-8-6-5-7-9-14/h4-9,11H,1,10,12H2,2-3H3. The Balaban J connectivity index is 2.05. The molecule has 26 heavy (non-hydrogen) atoms. The number of hydrogen-bond donors (Lipinski definition) is 0. The molecule has 0 bridgehead atoms. The zero-order valence-corrected chi connectivity index (χ0v) is 14.7. The van der Waals surface area contributed by atoms with Crippen molar-refractivity contribution in [1.29, 1.82) is 0 Å². The maximum Gasteiger partial charge on any atom is 0.332 e. The van der Waals surface area contributed by atoms with Crippen LogP contribution in [0.5, 0.6) is 0 Å². The minimum Gasteiger partial charge on any atom is -0.310 e. The lowest BCUT2D eigenvalue weighted by molar-refractivity contribution is 0.656. The minimum absolute atomic E-state index is 0.224. The van der Waals surface area contributed by atoms with Gasteiger partial charge in [0.05, 0.1) is 6.54 Å². The third-order valence-corrected chi connectivity index (χ3v) is 4.64. The van der Waals surface area contributed by atoms with Crippen molar-refractivity contribution in [3.63, 3.8) is 0 Å². The summed E-state index contributed by atoms with van der Waals surface area (Å²) in [6.07, 6.45) is 3.64. The van der Waals surface area contributed by atoms with Gasteiger partial charge in [-0.15, -0.1) is 6.58 Å². The number of hydrogen-bond acceptors (Lipinski definition) is 3. The molecular weight excluding hydrogens is 330 g/mol. The highest BCUT2D eigenvalue weighted by molar-refractivity contribution is 5.75. The molecule has 0 radical (unpaired) electrons. The van der Waals surface area contributed by atoms with Crippen LogP contribution in [0.4, 0.5) is 0 Å². The van der Waals surface area contributed by atoms with E-state index in [0.717, 1.165) is 11.3 Å². The molecular formula is C19H19N5O2. The van der Waals surface area contributed by atoms with Gasteiger partial charge in [-0.3, -0.25) is 18.3 Å². The maximum absolute atomic E-state index is 13.1. The van der Waals surface area contributed by atoms with Gasteiger partial charge in [0, 0.05) is 25.5 Å². The molecule has 0 amide bonds. The number of aromatic nitrogens is 5. The lowest BCUT2D eigenvalue weighted by atomic mass is 10.2. The molecule has 0 unspecified atom stereocenters. The first kappa shape index (κ1) is 16.1. The zero-order valence-electron chi connectivity index (χ0n) is 14.7. The van der Waals surface area contributed by atoms with Crippen LogP contribution in [-0.2, 0) is 20.1 Å². The normalized spacial score (nSPS) is 11.5. The monoisotopic (exact) mass is 349 g/mol. The van der Waals surface area contributed by atoms with E-state index in [1.54, 1.807) is 17.5 Å². The van der Waals surface area contributed by atoms with Crippen LogP contribution < -0.4 is 11.2 Å². The summed E-state index contributed by atoms with van der Waals surface area (Å²) in [6.45, 7) is 6.53. The first-order valence-electron chi connectivity index (χ1n) is 8.35. The summed E-state index contributed by atoms with van der Waals surface area (Å²) in [4.78, 5) is 30.4. The van der Waals surface area contributed by atoms with Gasteiger partial charge in [-0.25, -0.2) is 4.79 Å². The third-order valence-electron chi connectivity index (χ3n) is 4.64. The van der Waals surface area contributed by atoms with E-state index < -0.39 is 0 Å². The highest BCUT2D eigenvalue weighted by Gasteiger charge is 2.19. The fourth-order valence-corrected chi connectivity index (χ4v) is 3.32. The van der Waals surface area contributed by atoms with Gasteiger partial charge in [0.15, 0.2) is 11.2 Å². The number of rotatable bonds is 4. The quantitative estimate of drug-likeness (QED) is 0.527. The Morgan fingerprint density at radius 3 is 2.58 bits per heavy atom. The van der Waals surface area contributed by atoms with E-state index in [-0.39, 0.29) is 17.8 Å². The topological polar surface area (TPSA) is 66.2 Å². The van der Waals surface area contributed by atoms with Crippen molar-refractivity contribution in [3.05, 3.63) is 81.3 Å². The predicted molar refractivity (Wildman–Crippen MR) is 101 cm³/mol. The molecule has 0 N–H and O–H groups in total. The molecule has 0 aliphatic heterocycles. The Kier molecular flexibility index (Phi) is 3.64. The fourth-order valence-electron chi connectivity index (χ4n) is 3.32. The lowest BCUT2D eigenvalue weighted by Gasteiger charge is -2.08. The summed E-state index contributed by atoms with van der Waals surface area (Å²) < 4.78 is 6.40. The van der Waals surface area contributed by atoms with Crippen molar-refractivity contribution < 1.29 is 0 Å². The second kappa shape index (κ2) is 5.87. The molecule has 7 heteroatoms. The van der Waals surface area contributed by atoms with E-state index in [2.05, 4.69) is 11.6 Å². The summed E-state index contributed by atoms with van der Waals surface area (Å²) in [5.74, 6) is 0.627. The number of benzene rings is 1. The average molecular weight is 349 g/mol. The second-order valence-electron chi connectivity index (χ2n) is 6.34. The molecule has 3 heterocycles. The van der Waals surface area contributed by atoms with Gasteiger partial charge in [-0.2, -0.15) is 4.98 Å². The van der Waals surface area contributed by atoms with Crippen LogP contribution in [0.25, 0.3) is 16.9 Å². The number of nitrogens with zero attached hydrogens (tertiary/aromatic N) is 5. The summed E-state index contributed by atoms with van der Waals surface area (Å²) in [5.41, 5.74) is 1.94. The van der Waals surface area contributed by atoms with Crippen LogP contribution in [0, 0.1) is 6.92 Å². The van der Waals surface area contributed by atoms with Crippen LogP contribution >= 0.6 is 0 Å². The zero-order chi connectivity index (χ0) is 18.4. The number of fused-ring (bicyclic) bond motifs is 3. The Hall–Kier alpha value is -3.35. The highest BCUT2D eigenvalue weighted by Crippen LogP contribution is 2.16. The Bertz CT molecular complexity index is 1250. The molecule has 0 atom stereocenters. The molecule has 7 nitrogen and oxygen atoms in total. The molecule has 0 spiro atoms. The molecule has 4 aromatic rings. The van der Waals surface area contributed by atoms with Crippen LogP contribution in [0.2, 0.25) is 0 Å². The number of imidazole rings is 2. The van der Waals surface area contributed by atoms with Crippen molar-refractivity contribution >= 4 is 16.9 Å². The molecule has 4 rings (SSSR count). The molecule has 132 valence electrons. The summed E-state index contributed by atoms with van der Waals surface area (Å²) in [5, 5.41) is 0. The fraction of sp³-hybridized carbons (Fsp3) is 0.211. The van der Waals surface area contributed by atoms with Crippen molar-refractivity contribution in [2.24, 2.45) is 7.05 Å². The minimum atomic E-state index is -0.376. The molecule has 0 aliphatic rings. The van der Waals surface area contributed by atoms with Gasteiger partial charge in [0.25, 0.3) is 5.56 Å². The van der Waals surface area contributed by atoms with E-state index in [4.69, 9.17) is 0 Å². The van der Waals surface area contributed by atoms with Crippen LogP contribution in [0.1, 0.15) is 11.3 Å². The van der Waals surface area contributed by atoms with Crippen molar-refractivity contribution in [3.8, 4) is 0 Å². The Labute approximate surface area is 149 Å². The number of allylic oxidation sites excluding steroid dienone is 1. The molecule has 0 saturated heterocycles. The van der Waals surface area contributed by atoms with Gasteiger partial charge in [-0.1, -0.05) is 36.4 Å². The van der Waals surface area contributed by atoms with Gasteiger partial charge in [0.2, 0.25) is 5.78 Å². The molecule has 0 fully saturated rings. The van der Waals surface area contributed by atoms with Crippen LogP contribution in [0.15, 0.2) is 58.8 Å². The van der Waals surface area contributed by atoms with Gasteiger partial charge in [0.1, 0.15) is 0 Å². The van der Waals surface area contributed by atoms with E-state index in [9.17, 15) is 9.59 Å². The second-order valence-corrected chi connectivity index (χ2v) is 6.34. The van der Waals surface area contributed by atoms with E-state index in [0.29, 0.717) is 23.5 Å². The van der Waals surface area contributed by atoms with E-state index in [1.165, 1.54) is 9.13 Å². The SMILES string of the molecule is C=CCn1c(C)cn2c3c(=O)n(Cc4ccccc4)c(=O)n(C)c3nc12. The number of aryl methyl sites for hydroxylation is 2. The van der Waals surface area contributed by atoms with Gasteiger partial charge in [-0.05, 0) is 12.5 Å². The van der Waals surface area contributed by atoms with Crippen molar-refractivity contribution in [2.45, 2.75) is 20.0 Å². The third kappa shape index (κ3) is 2.24. The summed E-state index contributed by atoms with van der Waals surface area (Å²) >= 11 is 0. The van der Waals surface area contributed by atoms with Crippen molar-refractivity contribution in [1.82, 2.24) is 23.1 Å². The first-order valence-corrected chi connectivity index (χ1v) is 8.35. The van der Waals surface area contributed by atoms with Gasteiger partial charge < -0.3 is 4.57 Å². The van der Waals surface area contributed by atoms with Crippen molar-refractivity contribution in [2.75, 3.05) is 0 Å². The molecule has 0 aliphatic carbocycles. The maximum atomic E-state index is 13.1. The van der Waals surface area contributed by atoms with E-state index in [1.807, 2.05) is 48.0 Å². The van der Waals surface area contributed by atoms with Crippen LogP contribution in [-0.4, -0.2) is 23.1 Å². The smallest absolute Gasteiger partial charge is 0.310 e. The molecule has 3 aromatic heterocycles. The average Bonchev–Trinajstić information content (AvgIpc) is 3.14.